The predicted molar refractivity (Wildman–Crippen MR) is 205 cm³/mol. The number of aliphatic hydroxyl groups is 1. The summed E-state index contributed by atoms with van der Waals surface area (Å²) in [5.74, 6) is -0.898. The fourth-order valence-corrected chi connectivity index (χ4v) is 8.31. The van der Waals surface area contributed by atoms with Crippen LogP contribution in [-0.2, 0) is 31.6 Å². The molecular weight excluding hydrogens is 685 g/mol. The third-order valence-corrected chi connectivity index (χ3v) is 11.4. The van der Waals surface area contributed by atoms with Gasteiger partial charge in [-0.1, -0.05) is 107 Å². The van der Waals surface area contributed by atoms with Crippen molar-refractivity contribution in [2.24, 2.45) is 11.3 Å². The lowest BCUT2D eigenvalue weighted by atomic mass is 9.85. The Kier molecular flexibility index (Phi) is 13.0. The Balaban J connectivity index is 1.56. The molecule has 1 aromatic heterocycles. The number of nitrogens with one attached hydrogen (secondary N) is 3. The van der Waals surface area contributed by atoms with Gasteiger partial charge in [0.1, 0.15) is 6.04 Å². The molecule has 0 aliphatic rings. The molecule has 0 fully saturated rings. The number of amides is 2. The van der Waals surface area contributed by atoms with E-state index in [-0.39, 0.29) is 42.8 Å². The first-order valence-corrected chi connectivity index (χ1v) is 19.4. The first kappa shape index (κ1) is 39.9. The SMILES string of the molecule is CC(C)CN(C[C@@H](O)[C@H](Cc1ccccc1)NC(=O)[C@@H](NC(=O)CNC(C)(C)c1ccccc1)C(C)(C)C)S(=O)(=O)c1ccc2nc(N)sc2c1. The Morgan fingerprint density at radius 3 is 2.16 bits per heavy atom. The third kappa shape index (κ3) is 10.8. The van der Waals surface area contributed by atoms with Crippen LogP contribution in [0.3, 0.4) is 0 Å². The second-order valence-corrected chi connectivity index (χ2v) is 18.0. The summed E-state index contributed by atoms with van der Waals surface area (Å²) < 4.78 is 30.0. The number of nitrogens with zero attached hydrogens (tertiary/aromatic N) is 2. The number of aromatic nitrogens is 1. The van der Waals surface area contributed by atoms with Crippen LogP contribution >= 0.6 is 11.3 Å². The Labute approximate surface area is 306 Å². The maximum atomic E-state index is 14.1. The van der Waals surface area contributed by atoms with E-state index in [1.165, 1.54) is 21.7 Å². The average molecular weight is 737 g/mol. The molecule has 4 aromatic rings. The fourth-order valence-electron chi connectivity index (χ4n) is 5.81. The second-order valence-electron chi connectivity index (χ2n) is 15.0. The van der Waals surface area contributed by atoms with E-state index in [1.807, 2.05) is 109 Å². The lowest BCUT2D eigenvalue weighted by Gasteiger charge is -2.35. The van der Waals surface area contributed by atoms with Crippen LogP contribution in [0.4, 0.5) is 5.13 Å². The van der Waals surface area contributed by atoms with Crippen molar-refractivity contribution >= 4 is 48.5 Å². The van der Waals surface area contributed by atoms with E-state index >= 15 is 0 Å². The number of sulfonamides is 1. The number of nitrogen functional groups attached to an aromatic ring is 1. The first-order chi connectivity index (χ1) is 23.9. The van der Waals surface area contributed by atoms with Crippen molar-refractivity contribution in [3.05, 3.63) is 90.0 Å². The molecule has 0 bridgehead atoms. The minimum atomic E-state index is -4.07. The number of hydrogen-bond acceptors (Lipinski definition) is 9. The highest BCUT2D eigenvalue weighted by Crippen LogP contribution is 2.28. The summed E-state index contributed by atoms with van der Waals surface area (Å²) >= 11 is 1.20. The molecule has 3 aromatic carbocycles. The molecule has 11 nitrogen and oxygen atoms in total. The molecule has 3 atom stereocenters. The van der Waals surface area contributed by atoms with Gasteiger partial charge < -0.3 is 21.5 Å². The zero-order valence-electron chi connectivity index (χ0n) is 30.5. The molecule has 0 aliphatic carbocycles. The summed E-state index contributed by atoms with van der Waals surface area (Å²) in [6.07, 6.45) is -1.07. The van der Waals surface area contributed by atoms with Crippen molar-refractivity contribution in [3.8, 4) is 0 Å². The van der Waals surface area contributed by atoms with E-state index in [0.29, 0.717) is 15.3 Å². The van der Waals surface area contributed by atoms with Gasteiger partial charge in [-0.05, 0) is 60.9 Å². The Morgan fingerprint density at radius 2 is 1.55 bits per heavy atom. The molecule has 51 heavy (non-hydrogen) atoms. The van der Waals surface area contributed by atoms with Crippen molar-refractivity contribution in [1.29, 1.82) is 0 Å². The monoisotopic (exact) mass is 736 g/mol. The molecule has 13 heteroatoms. The molecule has 0 spiro atoms. The van der Waals surface area contributed by atoms with E-state index < -0.39 is 45.1 Å². The van der Waals surface area contributed by atoms with Gasteiger partial charge in [0.2, 0.25) is 21.8 Å². The van der Waals surface area contributed by atoms with Gasteiger partial charge in [-0.2, -0.15) is 4.31 Å². The largest absolute Gasteiger partial charge is 0.390 e. The summed E-state index contributed by atoms with van der Waals surface area (Å²) in [4.78, 5) is 31.6. The van der Waals surface area contributed by atoms with Gasteiger partial charge >= 0.3 is 0 Å². The minimum Gasteiger partial charge on any atom is -0.390 e. The van der Waals surface area contributed by atoms with Crippen LogP contribution in [0.15, 0.2) is 83.8 Å². The van der Waals surface area contributed by atoms with Gasteiger partial charge in [-0.15, -0.1) is 0 Å². The molecule has 4 rings (SSSR count). The number of hydrogen-bond donors (Lipinski definition) is 5. The van der Waals surface area contributed by atoms with Gasteiger partial charge in [0.05, 0.1) is 33.8 Å². The molecule has 0 unspecified atom stereocenters. The molecule has 276 valence electrons. The normalized spacial score (nSPS) is 14.4. The molecule has 0 aliphatic heterocycles. The first-order valence-electron chi connectivity index (χ1n) is 17.2. The zero-order valence-corrected chi connectivity index (χ0v) is 32.1. The van der Waals surface area contributed by atoms with Gasteiger partial charge in [-0.3, -0.25) is 14.9 Å². The van der Waals surface area contributed by atoms with Crippen LogP contribution in [0.5, 0.6) is 0 Å². The van der Waals surface area contributed by atoms with Gasteiger partial charge in [0.25, 0.3) is 0 Å². The molecule has 0 radical (unpaired) electrons. The van der Waals surface area contributed by atoms with Gasteiger partial charge in [-0.25, -0.2) is 13.4 Å². The topological polar surface area (TPSA) is 167 Å². The van der Waals surface area contributed by atoms with Crippen LogP contribution in [0.25, 0.3) is 10.2 Å². The standard InChI is InChI=1S/C38H52N6O5S2/c1-25(2)23-44(51(48,49)28-18-19-29-32(21-28)50-36(39)42-29)24-31(45)30(20-26-14-10-8-11-15-26)41-35(47)34(37(3,4)5)43-33(46)22-40-38(6,7)27-16-12-9-13-17-27/h8-19,21,25,30-31,34,40,45H,20,22-24H2,1-7H3,(H2,39,42)(H,41,47)(H,43,46)/t30-,31+,34+/m0/s1. The highest BCUT2D eigenvalue weighted by molar-refractivity contribution is 7.89. The van der Waals surface area contributed by atoms with Crippen molar-refractivity contribution < 1.29 is 23.1 Å². The smallest absolute Gasteiger partial charge is 0.243 e. The van der Waals surface area contributed by atoms with Crippen molar-refractivity contribution in [3.63, 3.8) is 0 Å². The number of benzene rings is 3. The van der Waals surface area contributed by atoms with Crippen LogP contribution < -0.4 is 21.7 Å². The number of anilines is 1. The number of aliphatic hydroxyl groups excluding tert-OH is 1. The quantitative estimate of drug-likeness (QED) is 0.111. The summed E-state index contributed by atoms with van der Waals surface area (Å²) in [5.41, 5.74) is 7.14. The minimum absolute atomic E-state index is 0.0280. The summed E-state index contributed by atoms with van der Waals surface area (Å²) in [6.45, 7) is 13.2. The maximum Gasteiger partial charge on any atom is 0.243 e. The predicted octanol–water partition coefficient (Wildman–Crippen LogP) is 4.67. The average Bonchev–Trinajstić information content (AvgIpc) is 3.45. The van der Waals surface area contributed by atoms with Gasteiger partial charge in [0, 0.05) is 18.6 Å². The molecule has 6 N–H and O–H groups in total. The third-order valence-electron chi connectivity index (χ3n) is 8.68. The lowest BCUT2D eigenvalue weighted by Crippen LogP contribution is -2.59. The van der Waals surface area contributed by atoms with Crippen LogP contribution in [0.1, 0.15) is 59.6 Å². The van der Waals surface area contributed by atoms with Crippen molar-refractivity contribution in [2.45, 2.75) is 83.5 Å². The molecule has 1 heterocycles. The summed E-state index contributed by atoms with van der Waals surface area (Å²) in [6, 6.07) is 22.0. The van der Waals surface area contributed by atoms with Crippen molar-refractivity contribution in [1.82, 2.24) is 25.2 Å². The second kappa shape index (κ2) is 16.6. The molecule has 2 amide bonds. The highest BCUT2D eigenvalue weighted by Gasteiger charge is 2.37. The van der Waals surface area contributed by atoms with Crippen LogP contribution in [0.2, 0.25) is 0 Å². The van der Waals surface area contributed by atoms with E-state index in [0.717, 1.165) is 11.1 Å². The van der Waals surface area contributed by atoms with Crippen molar-refractivity contribution in [2.75, 3.05) is 25.4 Å². The summed E-state index contributed by atoms with van der Waals surface area (Å²) in [7, 11) is -4.07. The number of nitrogens with two attached hydrogens (primary N) is 1. The number of carbonyl (C=O) groups is 2. The molecule has 0 saturated heterocycles. The number of thiazole rings is 1. The highest BCUT2D eigenvalue weighted by atomic mass is 32.2. The molecular formula is C38H52N6O5S2. The van der Waals surface area contributed by atoms with E-state index in [9.17, 15) is 23.1 Å². The number of carbonyl (C=O) groups excluding carboxylic acids is 2. The lowest BCUT2D eigenvalue weighted by molar-refractivity contribution is -0.132. The Bertz CT molecular complexity index is 1870. The number of rotatable bonds is 16. The fraction of sp³-hybridized carbons (Fsp3) is 0.447. The van der Waals surface area contributed by atoms with Crippen LogP contribution in [0, 0.1) is 11.3 Å². The van der Waals surface area contributed by atoms with Gasteiger partial charge in [0.15, 0.2) is 5.13 Å². The number of fused-ring (bicyclic) bond motifs is 1. The zero-order chi connectivity index (χ0) is 37.6. The summed E-state index contributed by atoms with van der Waals surface area (Å²) in [5, 5.41) is 21.3. The van der Waals surface area contributed by atoms with E-state index in [1.54, 1.807) is 12.1 Å². The molecule has 0 saturated carbocycles. The van der Waals surface area contributed by atoms with Crippen LogP contribution in [-0.4, -0.2) is 72.4 Å². The maximum absolute atomic E-state index is 14.1. The van der Waals surface area contributed by atoms with E-state index in [4.69, 9.17) is 5.73 Å². The Hall–Kier alpha value is -3.88. The Morgan fingerprint density at radius 1 is 0.922 bits per heavy atom. The van der Waals surface area contributed by atoms with E-state index in [2.05, 4.69) is 20.9 Å².